The number of carbonyl (C=O) groups is 2. The van der Waals surface area contributed by atoms with Crippen LogP contribution in [0.5, 0.6) is 0 Å². The van der Waals surface area contributed by atoms with Crippen LogP contribution in [0.2, 0.25) is 5.02 Å². The number of benzene rings is 1. The standard InChI is InChI=1S/C21H20ClN5O5/c1-11-24-17(15-5-4-13(22)6-16(15)25-21(31)12-2-3-12)8-20(30)27(11)10-19(29)23-9-14-7-18(28)26-32-14/h4-8,12H,2-3,9-10H2,1H3,(H,23,29)(H,25,31)(H,26,28). The summed E-state index contributed by atoms with van der Waals surface area (Å²) in [5.41, 5.74) is 0.564. The Morgan fingerprint density at radius 3 is 2.69 bits per heavy atom. The largest absolute Gasteiger partial charge is 0.382 e. The van der Waals surface area contributed by atoms with Gasteiger partial charge in [0.05, 0.1) is 17.9 Å². The molecule has 1 aliphatic rings. The minimum Gasteiger partial charge on any atom is -0.382 e. The van der Waals surface area contributed by atoms with Crippen LogP contribution in [-0.2, 0) is 22.7 Å². The molecule has 0 unspecified atom stereocenters. The van der Waals surface area contributed by atoms with Crippen molar-refractivity contribution < 1.29 is 14.1 Å². The van der Waals surface area contributed by atoms with Gasteiger partial charge in [0.2, 0.25) is 11.8 Å². The van der Waals surface area contributed by atoms with E-state index in [1.54, 1.807) is 25.1 Å². The Balaban J connectivity index is 1.53. The second-order valence-corrected chi connectivity index (χ2v) is 7.96. The lowest BCUT2D eigenvalue weighted by atomic mass is 10.1. The van der Waals surface area contributed by atoms with Crippen molar-refractivity contribution in [2.45, 2.75) is 32.9 Å². The molecule has 0 spiro atoms. The summed E-state index contributed by atoms with van der Waals surface area (Å²) in [6, 6.07) is 7.49. The summed E-state index contributed by atoms with van der Waals surface area (Å²) >= 11 is 6.10. The highest BCUT2D eigenvalue weighted by atomic mass is 35.5. The van der Waals surface area contributed by atoms with Crippen LogP contribution < -0.4 is 21.8 Å². The summed E-state index contributed by atoms with van der Waals surface area (Å²) in [6.45, 7) is 1.37. The maximum atomic E-state index is 12.7. The third kappa shape index (κ3) is 4.97. The number of nitrogens with one attached hydrogen (secondary N) is 3. The molecule has 2 heterocycles. The molecule has 32 heavy (non-hydrogen) atoms. The Morgan fingerprint density at radius 2 is 2.03 bits per heavy atom. The van der Waals surface area contributed by atoms with Crippen molar-refractivity contribution in [3.8, 4) is 11.3 Å². The first-order chi connectivity index (χ1) is 15.3. The third-order valence-electron chi connectivity index (χ3n) is 5.00. The average molecular weight is 458 g/mol. The summed E-state index contributed by atoms with van der Waals surface area (Å²) in [7, 11) is 0. The minimum absolute atomic E-state index is 0.00216. The number of carbonyl (C=O) groups excluding carboxylic acids is 2. The molecule has 3 aromatic rings. The normalized spacial score (nSPS) is 13.1. The van der Waals surface area contributed by atoms with E-state index in [9.17, 15) is 19.2 Å². The lowest BCUT2D eigenvalue weighted by Crippen LogP contribution is -2.33. The molecule has 1 aromatic carbocycles. The van der Waals surface area contributed by atoms with Gasteiger partial charge in [-0.3, -0.25) is 23.7 Å². The summed E-state index contributed by atoms with van der Waals surface area (Å²) in [6.07, 6.45) is 1.71. The maximum Gasteiger partial charge on any atom is 0.280 e. The molecule has 2 aromatic heterocycles. The van der Waals surface area contributed by atoms with Crippen LogP contribution in [-0.4, -0.2) is 26.5 Å². The smallest absolute Gasteiger partial charge is 0.280 e. The lowest BCUT2D eigenvalue weighted by molar-refractivity contribution is -0.122. The van der Waals surface area contributed by atoms with Gasteiger partial charge in [-0.1, -0.05) is 11.6 Å². The number of H-pyrrole nitrogens is 1. The number of rotatable bonds is 7. The molecule has 10 nitrogen and oxygen atoms in total. The predicted molar refractivity (Wildman–Crippen MR) is 116 cm³/mol. The molecule has 0 aliphatic heterocycles. The second-order valence-electron chi connectivity index (χ2n) is 7.52. The van der Waals surface area contributed by atoms with E-state index in [0.29, 0.717) is 27.8 Å². The Hall–Kier alpha value is -3.66. The summed E-state index contributed by atoms with van der Waals surface area (Å²) in [5.74, 6) is 0.0583. The first-order valence-corrected chi connectivity index (χ1v) is 10.3. The molecule has 1 saturated carbocycles. The van der Waals surface area contributed by atoms with Gasteiger partial charge in [0, 0.05) is 28.6 Å². The third-order valence-corrected chi connectivity index (χ3v) is 5.23. The van der Waals surface area contributed by atoms with Gasteiger partial charge in [-0.05, 0) is 38.0 Å². The van der Waals surface area contributed by atoms with Crippen LogP contribution in [0.15, 0.2) is 44.4 Å². The Morgan fingerprint density at radius 1 is 1.25 bits per heavy atom. The molecule has 0 radical (unpaired) electrons. The number of hydrogen-bond donors (Lipinski definition) is 3. The van der Waals surface area contributed by atoms with E-state index in [0.717, 1.165) is 12.8 Å². The predicted octanol–water partition coefficient (Wildman–Crippen LogP) is 1.82. The highest BCUT2D eigenvalue weighted by Crippen LogP contribution is 2.33. The highest BCUT2D eigenvalue weighted by Gasteiger charge is 2.30. The summed E-state index contributed by atoms with van der Waals surface area (Å²) in [4.78, 5) is 52.7. The topological polar surface area (TPSA) is 139 Å². The molecule has 0 bridgehead atoms. The van der Waals surface area contributed by atoms with Gasteiger partial charge in [0.25, 0.3) is 11.1 Å². The molecule has 3 N–H and O–H groups in total. The molecule has 0 atom stereocenters. The first kappa shape index (κ1) is 21.6. The van der Waals surface area contributed by atoms with Crippen LogP contribution in [0.3, 0.4) is 0 Å². The van der Waals surface area contributed by atoms with Crippen LogP contribution >= 0.6 is 11.6 Å². The molecule has 1 aliphatic carbocycles. The number of hydrogen-bond acceptors (Lipinski definition) is 6. The van der Waals surface area contributed by atoms with E-state index in [1.165, 1.54) is 16.7 Å². The van der Waals surface area contributed by atoms with Gasteiger partial charge in [0.15, 0.2) is 5.76 Å². The number of aromatic amines is 1. The minimum atomic E-state index is -0.447. The van der Waals surface area contributed by atoms with Crippen molar-refractivity contribution in [1.29, 1.82) is 0 Å². The monoisotopic (exact) mass is 457 g/mol. The van der Waals surface area contributed by atoms with Gasteiger partial charge in [0.1, 0.15) is 12.4 Å². The van der Waals surface area contributed by atoms with Crippen molar-refractivity contribution in [3.63, 3.8) is 0 Å². The lowest BCUT2D eigenvalue weighted by Gasteiger charge is -2.14. The van der Waals surface area contributed by atoms with Crippen LogP contribution in [0.25, 0.3) is 11.3 Å². The first-order valence-electron chi connectivity index (χ1n) is 9.93. The van der Waals surface area contributed by atoms with Crippen LogP contribution in [0.1, 0.15) is 24.4 Å². The fourth-order valence-corrected chi connectivity index (χ4v) is 3.34. The van der Waals surface area contributed by atoms with E-state index in [-0.39, 0.29) is 30.7 Å². The average Bonchev–Trinajstić information content (AvgIpc) is 3.51. The Kier molecular flexibility index (Phi) is 5.95. The molecule has 11 heteroatoms. The number of halogens is 1. The van der Waals surface area contributed by atoms with Gasteiger partial charge in [-0.2, -0.15) is 5.16 Å². The molecule has 0 saturated heterocycles. The summed E-state index contributed by atoms with van der Waals surface area (Å²) < 4.78 is 6.10. The number of nitrogens with zero attached hydrogens (tertiary/aromatic N) is 2. The number of amides is 2. The zero-order valence-electron chi connectivity index (χ0n) is 17.1. The quantitative estimate of drug-likeness (QED) is 0.494. The van der Waals surface area contributed by atoms with Gasteiger partial charge < -0.3 is 15.2 Å². The van der Waals surface area contributed by atoms with Crippen molar-refractivity contribution in [2.75, 3.05) is 5.32 Å². The maximum absolute atomic E-state index is 12.7. The van der Waals surface area contributed by atoms with Crippen molar-refractivity contribution >= 4 is 29.1 Å². The Labute approximate surface area is 186 Å². The SMILES string of the molecule is Cc1nc(-c2ccc(Cl)cc2NC(=O)C2CC2)cc(=O)n1CC(=O)NCc1cc(=O)[nH]o1. The fourth-order valence-electron chi connectivity index (χ4n) is 3.17. The second kappa shape index (κ2) is 8.83. The van der Waals surface area contributed by atoms with Crippen molar-refractivity contribution in [3.05, 3.63) is 67.6 Å². The molecular weight excluding hydrogens is 438 g/mol. The molecule has 4 rings (SSSR count). The van der Waals surface area contributed by atoms with Crippen molar-refractivity contribution in [2.24, 2.45) is 5.92 Å². The van der Waals surface area contributed by atoms with E-state index in [2.05, 4.69) is 20.8 Å². The van der Waals surface area contributed by atoms with Gasteiger partial charge in [-0.25, -0.2) is 4.98 Å². The van der Waals surface area contributed by atoms with Crippen LogP contribution in [0, 0.1) is 12.8 Å². The fraction of sp³-hybridized carbons (Fsp3) is 0.286. The van der Waals surface area contributed by atoms with Gasteiger partial charge in [-0.15, -0.1) is 0 Å². The number of anilines is 1. The van der Waals surface area contributed by atoms with E-state index < -0.39 is 17.0 Å². The van der Waals surface area contributed by atoms with E-state index >= 15 is 0 Å². The molecular formula is C21H20ClN5O5. The van der Waals surface area contributed by atoms with Crippen LogP contribution in [0.4, 0.5) is 5.69 Å². The molecule has 1 fully saturated rings. The number of aryl methyl sites for hydroxylation is 1. The molecule has 2 amide bonds. The van der Waals surface area contributed by atoms with E-state index in [4.69, 9.17) is 16.1 Å². The Bertz CT molecular complexity index is 1300. The molecule has 166 valence electrons. The zero-order chi connectivity index (χ0) is 22.8. The summed E-state index contributed by atoms with van der Waals surface area (Å²) in [5, 5.41) is 8.01. The highest BCUT2D eigenvalue weighted by molar-refractivity contribution is 6.31. The zero-order valence-corrected chi connectivity index (χ0v) is 17.9. The number of aromatic nitrogens is 3. The van der Waals surface area contributed by atoms with Gasteiger partial charge >= 0.3 is 0 Å². The van der Waals surface area contributed by atoms with Crippen molar-refractivity contribution in [1.82, 2.24) is 20.0 Å². The van der Waals surface area contributed by atoms with E-state index in [1.807, 2.05) is 0 Å².